The Morgan fingerprint density at radius 1 is 1.57 bits per heavy atom. The van der Waals surface area contributed by atoms with E-state index in [1.807, 2.05) is 28.9 Å². The fraction of sp³-hybridized carbons (Fsp3) is 0.111. The van der Waals surface area contributed by atoms with Gasteiger partial charge in [0.2, 0.25) is 0 Å². The van der Waals surface area contributed by atoms with Crippen LogP contribution in [0.3, 0.4) is 0 Å². The van der Waals surface area contributed by atoms with Crippen LogP contribution in [0.25, 0.3) is 5.65 Å². The molecule has 3 N–H and O–H groups in total. The molecule has 2 aromatic heterocycles. The average Bonchev–Trinajstić information content (AvgIpc) is 2.61. The van der Waals surface area contributed by atoms with Gasteiger partial charge in [-0.05, 0) is 29.9 Å². The Bertz CT molecular complexity index is 463. The Morgan fingerprint density at radius 3 is 3.21 bits per heavy atom. The number of hydrogen-bond acceptors (Lipinski definition) is 2. The molecule has 0 unspecified atom stereocenters. The molecule has 0 bridgehead atoms. The topological polar surface area (TPSA) is 55.3 Å². The van der Waals surface area contributed by atoms with Gasteiger partial charge in [0.05, 0.1) is 0 Å². The van der Waals surface area contributed by atoms with Crippen molar-refractivity contribution in [2.45, 2.75) is 6.54 Å². The van der Waals surface area contributed by atoms with Gasteiger partial charge in [0.25, 0.3) is 0 Å². The highest BCUT2D eigenvalue weighted by Gasteiger charge is 1.96. The standard InChI is InChI=1S/C9H10N4S/c10-9(14)12-6-7-1-3-13-4-2-11-8(13)5-7/h1-5H,6H2,(H3,10,12,14). The molecule has 0 aliphatic carbocycles. The Kier molecular flexibility index (Phi) is 2.32. The monoisotopic (exact) mass is 206 g/mol. The molecule has 2 aromatic rings. The minimum Gasteiger partial charge on any atom is -0.376 e. The van der Waals surface area contributed by atoms with E-state index in [9.17, 15) is 0 Å². The minimum absolute atomic E-state index is 0.313. The maximum atomic E-state index is 5.33. The van der Waals surface area contributed by atoms with E-state index in [1.54, 1.807) is 6.20 Å². The Hall–Kier alpha value is -1.62. The fourth-order valence-corrected chi connectivity index (χ4v) is 1.32. The highest BCUT2D eigenvalue weighted by molar-refractivity contribution is 7.80. The van der Waals surface area contributed by atoms with Crippen molar-refractivity contribution >= 4 is 23.0 Å². The van der Waals surface area contributed by atoms with Crippen LogP contribution in [0.4, 0.5) is 0 Å². The minimum atomic E-state index is 0.313. The first-order chi connectivity index (χ1) is 6.75. The summed E-state index contributed by atoms with van der Waals surface area (Å²) < 4.78 is 1.95. The summed E-state index contributed by atoms with van der Waals surface area (Å²) in [5, 5.41) is 3.20. The number of rotatable bonds is 2. The lowest BCUT2D eigenvalue weighted by atomic mass is 10.2. The van der Waals surface area contributed by atoms with E-state index in [-0.39, 0.29) is 0 Å². The van der Waals surface area contributed by atoms with Gasteiger partial charge in [-0.25, -0.2) is 4.98 Å². The van der Waals surface area contributed by atoms with Gasteiger partial charge in [0, 0.05) is 25.1 Å². The Morgan fingerprint density at radius 2 is 2.43 bits per heavy atom. The quantitative estimate of drug-likeness (QED) is 0.709. The van der Waals surface area contributed by atoms with Gasteiger partial charge in [0.15, 0.2) is 5.11 Å². The van der Waals surface area contributed by atoms with E-state index in [4.69, 9.17) is 18.0 Å². The van der Waals surface area contributed by atoms with Gasteiger partial charge in [0.1, 0.15) is 5.65 Å². The summed E-state index contributed by atoms with van der Waals surface area (Å²) in [5.74, 6) is 0. The first-order valence-electron chi connectivity index (χ1n) is 4.20. The van der Waals surface area contributed by atoms with Gasteiger partial charge < -0.3 is 15.5 Å². The second kappa shape index (κ2) is 3.63. The molecular weight excluding hydrogens is 196 g/mol. The molecular formula is C9H10N4S. The van der Waals surface area contributed by atoms with Crippen LogP contribution in [0.1, 0.15) is 5.56 Å². The number of thiocarbonyl (C=S) groups is 1. The van der Waals surface area contributed by atoms with Crippen molar-refractivity contribution in [3.8, 4) is 0 Å². The maximum absolute atomic E-state index is 5.33. The number of nitrogens with two attached hydrogens (primary N) is 1. The highest BCUT2D eigenvalue weighted by Crippen LogP contribution is 2.04. The molecule has 4 nitrogen and oxygen atoms in total. The molecule has 0 aliphatic rings. The number of fused-ring (bicyclic) bond motifs is 1. The molecule has 0 aromatic carbocycles. The van der Waals surface area contributed by atoms with Crippen molar-refractivity contribution in [3.63, 3.8) is 0 Å². The molecule has 0 fully saturated rings. The lowest BCUT2D eigenvalue weighted by molar-refractivity contribution is 0.915. The van der Waals surface area contributed by atoms with Gasteiger partial charge in [-0.15, -0.1) is 0 Å². The van der Waals surface area contributed by atoms with Crippen LogP contribution in [-0.4, -0.2) is 14.5 Å². The van der Waals surface area contributed by atoms with Crippen molar-refractivity contribution in [2.24, 2.45) is 5.73 Å². The Labute approximate surface area is 86.7 Å². The predicted molar refractivity (Wildman–Crippen MR) is 58.8 cm³/mol. The van der Waals surface area contributed by atoms with E-state index in [2.05, 4.69) is 10.3 Å². The number of nitrogens with zero attached hydrogens (tertiary/aromatic N) is 2. The van der Waals surface area contributed by atoms with Gasteiger partial charge >= 0.3 is 0 Å². The lowest BCUT2D eigenvalue weighted by Gasteiger charge is -2.03. The van der Waals surface area contributed by atoms with Crippen LogP contribution in [0.2, 0.25) is 0 Å². The number of imidazole rings is 1. The van der Waals surface area contributed by atoms with E-state index < -0.39 is 0 Å². The predicted octanol–water partition coefficient (Wildman–Crippen LogP) is 0.668. The van der Waals surface area contributed by atoms with Gasteiger partial charge in [-0.1, -0.05) is 0 Å². The smallest absolute Gasteiger partial charge is 0.163 e. The molecule has 2 rings (SSSR count). The van der Waals surface area contributed by atoms with Crippen LogP contribution in [0.15, 0.2) is 30.7 Å². The normalized spacial score (nSPS) is 10.3. The molecule has 0 spiro atoms. The Balaban J connectivity index is 2.21. The van der Waals surface area contributed by atoms with Crippen molar-refractivity contribution in [3.05, 3.63) is 36.3 Å². The second-order valence-electron chi connectivity index (χ2n) is 2.95. The molecule has 14 heavy (non-hydrogen) atoms. The van der Waals surface area contributed by atoms with E-state index >= 15 is 0 Å². The third-order valence-corrected chi connectivity index (χ3v) is 2.07. The van der Waals surface area contributed by atoms with E-state index in [0.717, 1.165) is 11.2 Å². The van der Waals surface area contributed by atoms with Gasteiger partial charge in [-0.3, -0.25) is 0 Å². The van der Waals surface area contributed by atoms with Crippen LogP contribution < -0.4 is 11.1 Å². The van der Waals surface area contributed by atoms with Gasteiger partial charge in [-0.2, -0.15) is 0 Å². The average molecular weight is 206 g/mol. The van der Waals surface area contributed by atoms with E-state index in [0.29, 0.717) is 11.7 Å². The van der Waals surface area contributed by atoms with E-state index in [1.165, 1.54) is 0 Å². The molecule has 0 radical (unpaired) electrons. The number of hydrogen-bond donors (Lipinski definition) is 2. The lowest BCUT2D eigenvalue weighted by Crippen LogP contribution is -2.28. The molecule has 2 heterocycles. The fourth-order valence-electron chi connectivity index (χ4n) is 1.25. The summed E-state index contributed by atoms with van der Waals surface area (Å²) in [5.41, 5.74) is 7.36. The zero-order valence-electron chi connectivity index (χ0n) is 7.47. The van der Waals surface area contributed by atoms with Crippen LogP contribution >= 0.6 is 12.2 Å². The van der Waals surface area contributed by atoms with Crippen molar-refractivity contribution in [1.29, 1.82) is 0 Å². The van der Waals surface area contributed by atoms with Crippen LogP contribution in [0.5, 0.6) is 0 Å². The summed E-state index contributed by atoms with van der Waals surface area (Å²) in [6, 6.07) is 3.99. The third kappa shape index (κ3) is 1.82. The zero-order chi connectivity index (χ0) is 9.97. The molecule has 72 valence electrons. The van der Waals surface area contributed by atoms with Crippen molar-refractivity contribution < 1.29 is 0 Å². The number of nitrogens with one attached hydrogen (secondary N) is 1. The maximum Gasteiger partial charge on any atom is 0.163 e. The number of aromatic nitrogens is 2. The highest BCUT2D eigenvalue weighted by atomic mass is 32.1. The molecule has 0 saturated carbocycles. The van der Waals surface area contributed by atoms with Crippen LogP contribution in [-0.2, 0) is 6.54 Å². The summed E-state index contributed by atoms with van der Waals surface area (Å²) in [7, 11) is 0. The molecule has 0 atom stereocenters. The summed E-state index contributed by atoms with van der Waals surface area (Å²) >= 11 is 4.72. The van der Waals surface area contributed by atoms with Crippen molar-refractivity contribution in [1.82, 2.24) is 14.7 Å². The van der Waals surface area contributed by atoms with Crippen molar-refractivity contribution in [2.75, 3.05) is 0 Å². The molecule has 5 heteroatoms. The summed E-state index contributed by atoms with van der Waals surface area (Å²) in [4.78, 5) is 4.18. The zero-order valence-corrected chi connectivity index (χ0v) is 8.29. The van der Waals surface area contributed by atoms with Crippen LogP contribution in [0, 0.1) is 0 Å². The number of pyridine rings is 1. The SMILES string of the molecule is NC(=S)NCc1ccn2ccnc2c1. The molecule has 0 aliphatic heterocycles. The first kappa shape index (κ1) is 8.96. The summed E-state index contributed by atoms with van der Waals surface area (Å²) in [6.07, 6.45) is 5.62. The third-order valence-electron chi connectivity index (χ3n) is 1.93. The summed E-state index contributed by atoms with van der Waals surface area (Å²) in [6.45, 7) is 0.638. The first-order valence-corrected chi connectivity index (χ1v) is 4.61. The molecule has 0 amide bonds. The second-order valence-corrected chi connectivity index (χ2v) is 3.39. The largest absolute Gasteiger partial charge is 0.376 e. The molecule has 0 saturated heterocycles.